The number of aromatic amines is 1. The molecular weight excluding hydrogens is 287 g/mol. The molecule has 0 atom stereocenters. The van der Waals surface area contributed by atoms with Gasteiger partial charge in [-0.3, -0.25) is 4.79 Å². The second-order valence-electron chi connectivity index (χ2n) is 4.70. The lowest BCUT2D eigenvalue weighted by Crippen LogP contribution is -2.05. The van der Waals surface area contributed by atoms with Crippen molar-refractivity contribution in [2.45, 2.75) is 0 Å². The molecule has 1 aromatic heterocycles. The third-order valence-electron chi connectivity index (χ3n) is 3.19. The number of fused-ring (bicyclic) bond motifs is 1. The Morgan fingerprint density at radius 1 is 1.09 bits per heavy atom. The lowest BCUT2D eigenvalue weighted by atomic mass is 10.2. The summed E-state index contributed by atoms with van der Waals surface area (Å²) in [5.41, 5.74) is 6.02. The molecule has 0 bridgehead atoms. The molecule has 0 unspecified atom stereocenters. The molecule has 3 rings (SSSR count). The lowest BCUT2D eigenvalue weighted by Gasteiger charge is -2.10. The van der Waals surface area contributed by atoms with Gasteiger partial charge in [0.25, 0.3) is 5.56 Å². The fraction of sp³-hybridized carbons (Fsp3) is 0.0625. The maximum absolute atomic E-state index is 13.9. The van der Waals surface area contributed by atoms with Crippen LogP contribution in [-0.4, -0.2) is 12.1 Å². The number of ether oxygens (including phenoxy) is 2. The highest BCUT2D eigenvalue weighted by Crippen LogP contribution is 2.31. The van der Waals surface area contributed by atoms with Crippen LogP contribution in [0.5, 0.6) is 17.2 Å². The predicted molar refractivity (Wildman–Crippen MR) is 82.0 cm³/mol. The van der Waals surface area contributed by atoms with Crippen molar-refractivity contribution in [1.29, 1.82) is 0 Å². The highest BCUT2D eigenvalue weighted by Gasteiger charge is 2.10. The van der Waals surface area contributed by atoms with E-state index in [0.717, 1.165) is 6.07 Å². The van der Waals surface area contributed by atoms with Crippen LogP contribution in [0.1, 0.15) is 0 Å². The van der Waals surface area contributed by atoms with E-state index in [1.54, 1.807) is 18.2 Å². The Morgan fingerprint density at radius 3 is 2.64 bits per heavy atom. The molecule has 0 amide bonds. The number of methoxy groups -OCH3 is 1. The summed E-state index contributed by atoms with van der Waals surface area (Å²) in [5, 5.41) is 0.607. The second kappa shape index (κ2) is 5.40. The third kappa shape index (κ3) is 2.58. The first-order valence-corrected chi connectivity index (χ1v) is 6.51. The molecule has 0 fully saturated rings. The van der Waals surface area contributed by atoms with Gasteiger partial charge in [-0.05, 0) is 30.3 Å². The number of nitrogens with two attached hydrogens (primary N) is 1. The number of benzene rings is 2. The van der Waals surface area contributed by atoms with Gasteiger partial charge in [0.05, 0.1) is 12.6 Å². The second-order valence-corrected chi connectivity index (χ2v) is 4.70. The zero-order chi connectivity index (χ0) is 15.7. The molecule has 6 heteroatoms. The van der Waals surface area contributed by atoms with Gasteiger partial charge in [0.15, 0.2) is 11.6 Å². The maximum atomic E-state index is 13.9. The van der Waals surface area contributed by atoms with Crippen LogP contribution in [0.25, 0.3) is 10.9 Å². The van der Waals surface area contributed by atoms with E-state index >= 15 is 0 Å². The van der Waals surface area contributed by atoms with Gasteiger partial charge in [-0.2, -0.15) is 0 Å². The molecule has 0 saturated heterocycles. The maximum Gasteiger partial charge on any atom is 0.252 e. The SMILES string of the molecule is COc1ccc2[nH]c(=O)cc(Oc3ccc(N)cc3F)c2c1. The number of hydrogen-bond donors (Lipinski definition) is 2. The third-order valence-corrected chi connectivity index (χ3v) is 3.19. The van der Waals surface area contributed by atoms with Crippen LogP contribution < -0.4 is 20.8 Å². The van der Waals surface area contributed by atoms with E-state index in [0.29, 0.717) is 22.3 Å². The van der Waals surface area contributed by atoms with Crippen LogP contribution in [0.15, 0.2) is 47.3 Å². The van der Waals surface area contributed by atoms with Gasteiger partial charge < -0.3 is 20.2 Å². The van der Waals surface area contributed by atoms with Gasteiger partial charge in [0.2, 0.25) is 0 Å². The Balaban J connectivity index is 2.14. The van der Waals surface area contributed by atoms with E-state index < -0.39 is 5.82 Å². The molecular formula is C16H13FN2O3. The largest absolute Gasteiger partial charge is 0.497 e. The zero-order valence-corrected chi connectivity index (χ0v) is 11.7. The molecule has 0 spiro atoms. The summed E-state index contributed by atoms with van der Waals surface area (Å²) in [5.74, 6) is 0.226. The Hall–Kier alpha value is -3.02. The summed E-state index contributed by atoms with van der Waals surface area (Å²) in [6, 6.07) is 10.5. The quantitative estimate of drug-likeness (QED) is 0.729. The van der Waals surface area contributed by atoms with E-state index in [2.05, 4.69) is 4.98 Å². The minimum absolute atomic E-state index is 0.0103. The summed E-state index contributed by atoms with van der Waals surface area (Å²) in [6.07, 6.45) is 0. The van der Waals surface area contributed by atoms with Crippen LogP contribution in [0.4, 0.5) is 10.1 Å². The Bertz CT molecular complexity index is 906. The average molecular weight is 300 g/mol. The van der Waals surface area contributed by atoms with Gasteiger partial charge >= 0.3 is 0 Å². The first-order valence-electron chi connectivity index (χ1n) is 6.51. The predicted octanol–water partition coefficient (Wildman–Crippen LogP) is 3.05. The molecule has 3 N–H and O–H groups in total. The number of anilines is 1. The molecule has 0 saturated carbocycles. The van der Waals surface area contributed by atoms with Crippen molar-refractivity contribution >= 4 is 16.6 Å². The highest BCUT2D eigenvalue weighted by molar-refractivity contribution is 5.86. The van der Waals surface area contributed by atoms with Crippen molar-refractivity contribution in [3.8, 4) is 17.2 Å². The minimum atomic E-state index is -0.601. The van der Waals surface area contributed by atoms with Crippen molar-refractivity contribution in [3.63, 3.8) is 0 Å². The van der Waals surface area contributed by atoms with Crippen molar-refractivity contribution in [1.82, 2.24) is 4.98 Å². The first kappa shape index (κ1) is 13.9. The van der Waals surface area contributed by atoms with Crippen LogP contribution in [0, 0.1) is 5.82 Å². The Kier molecular flexibility index (Phi) is 3.42. The van der Waals surface area contributed by atoms with Crippen LogP contribution in [0.3, 0.4) is 0 Å². The monoisotopic (exact) mass is 300 g/mol. The highest BCUT2D eigenvalue weighted by atomic mass is 19.1. The van der Waals surface area contributed by atoms with Crippen LogP contribution in [0.2, 0.25) is 0 Å². The van der Waals surface area contributed by atoms with E-state index in [1.165, 1.54) is 25.3 Å². The van der Waals surface area contributed by atoms with Crippen LogP contribution >= 0.6 is 0 Å². The van der Waals surface area contributed by atoms with Gasteiger partial charge in [0, 0.05) is 23.2 Å². The van der Waals surface area contributed by atoms with Gasteiger partial charge in [-0.1, -0.05) is 0 Å². The van der Waals surface area contributed by atoms with E-state index in [1.807, 2.05) is 0 Å². The minimum Gasteiger partial charge on any atom is -0.497 e. The van der Waals surface area contributed by atoms with E-state index in [-0.39, 0.29) is 17.1 Å². The normalized spacial score (nSPS) is 10.6. The number of nitrogen functional groups attached to an aromatic ring is 1. The molecule has 0 aliphatic rings. The van der Waals surface area contributed by atoms with E-state index in [4.69, 9.17) is 15.2 Å². The molecule has 3 aromatic rings. The number of pyridine rings is 1. The summed E-state index contributed by atoms with van der Waals surface area (Å²) < 4.78 is 24.6. The molecule has 112 valence electrons. The number of rotatable bonds is 3. The standard InChI is InChI=1S/C16H13FN2O3/c1-21-10-3-4-13-11(7-10)15(8-16(20)19-13)22-14-5-2-9(18)6-12(14)17/h2-8H,18H2,1H3,(H,19,20). The van der Waals surface area contributed by atoms with Gasteiger partial charge in [0.1, 0.15) is 11.5 Å². The van der Waals surface area contributed by atoms with Crippen LogP contribution in [-0.2, 0) is 0 Å². The van der Waals surface area contributed by atoms with Crippen molar-refractivity contribution in [3.05, 3.63) is 58.6 Å². The molecule has 0 aliphatic carbocycles. The van der Waals surface area contributed by atoms with Crippen molar-refractivity contribution in [2.75, 3.05) is 12.8 Å². The fourth-order valence-electron chi connectivity index (χ4n) is 2.13. The summed E-state index contributed by atoms with van der Waals surface area (Å²) in [7, 11) is 1.53. The number of nitrogens with one attached hydrogen (secondary N) is 1. The molecule has 1 heterocycles. The Morgan fingerprint density at radius 2 is 1.91 bits per heavy atom. The van der Waals surface area contributed by atoms with Gasteiger partial charge in [-0.25, -0.2) is 4.39 Å². The van der Waals surface area contributed by atoms with Crippen molar-refractivity contribution in [2.24, 2.45) is 0 Å². The Labute approximate surface area is 125 Å². The number of halogens is 1. The molecule has 5 nitrogen and oxygen atoms in total. The molecule has 22 heavy (non-hydrogen) atoms. The van der Waals surface area contributed by atoms with E-state index in [9.17, 15) is 9.18 Å². The average Bonchev–Trinajstić information content (AvgIpc) is 2.49. The molecule has 0 radical (unpaired) electrons. The molecule has 2 aromatic carbocycles. The molecule has 0 aliphatic heterocycles. The number of hydrogen-bond acceptors (Lipinski definition) is 4. The summed E-state index contributed by atoms with van der Waals surface area (Å²) in [4.78, 5) is 14.4. The topological polar surface area (TPSA) is 77.3 Å². The number of H-pyrrole nitrogens is 1. The van der Waals surface area contributed by atoms with Gasteiger partial charge in [-0.15, -0.1) is 0 Å². The summed E-state index contributed by atoms with van der Waals surface area (Å²) >= 11 is 0. The zero-order valence-electron chi connectivity index (χ0n) is 11.7. The lowest BCUT2D eigenvalue weighted by molar-refractivity contribution is 0.414. The first-order chi connectivity index (χ1) is 10.6. The number of aromatic nitrogens is 1. The van der Waals surface area contributed by atoms with Crippen molar-refractivity contribution < 1.29 is 13.9 Å². The fourth-order valence-corrected chi connectivity index (χ4v) is 2.13. The smallest absolute Gasteiger partial charge is 0.252 e. The summed E-state index contributed by atoms with van der Waals surface area (Å²) in [6.45, 7) is 0.